The van der Waals surface area contributed by atoms with Crippen LogP contribution < -0.4 is 20.1 Å². The van der Waals surface area contributed by atoms with Crippen LogP contribution in [0, 0.1) is 0 Å². The number of nitrogens with one attached hydrogen (secondary N) is 2. The number of hydrogen-bond acceptors (Lipinski definition) is 4. The van der Waals surface area contributed by atoms with E-state index >= 15 is 0 Å². The molecule has 5 nitrogen and oxygen atoms in total. The average Bonchev–Trinajstić information content (AvgIpc) is 2.36. The average molecular weight is 238 g/mol. The normalized spacial score (nSPS) is 9.59. The molecule has 0 radical (unpaired) electrons. The molecular formula is C12H18N2O3. The van der Waals surface area contributed by atoms with Gasteiger partial charge in [0.2, 0.25) is 5.91 Å². The van der Waals surface area contributed by atoms with Crippen LogP contribution in [0.1, 0.15) is 6.92 Å². The Bertz CT molecular complexity index is 380. The van der Waals surface area contributed by atoms with E-state index in [2.05, 4.69) is 10.6 Å². The van der Waals surface area contributed by atoms with Gasteiger partial charge in [-0.2, -0.15) is 0 Å². The summed E-state index contributed by atoms with van der Waals surface area (Å²) in [7, 11) is 3.18. The molecule has 0 aliphatic rings. The van der Waals surface area contributed by atoms with Crippen LogP contribution >= 0.6 is 0 Å². The third kappa shape index (κ3) is 3.86. The Labute approximate surface area is 101 Å². The minimum absolute atomic E-state index is 0.0580. The molecule has 0 fully saturated rings. The van der Waals surface area contributed by atoms with Crippen molar-refractivity contribution < 1.29 is 14.3 Å². The Hall–Kier alpha value is -1.91. The second kappa shape index (κ2) is 6.62. The number of likely N-dealkylation sites (N-methyl/N-ethyl adjacent to an activating group) is 1. The molecule has 1 aromatic rings. The lowest BCUT2D eigenvalue weighted by molar-refractivity contribution is -0.119. The van der Waals surface area contributed by atoms with Gasteiger partial charge in [0.15, 0.2) is 0 Å². The molecule has 1 amide bonds. The maximum atomic E-state index is 11.3. The van der Waals surface area contributed by atoms with Crippen LogP contribution in [-0.4, -0.2) is 33.2 Å². The van der Waals surface area contributed by atoms with Crippen LogP contribution in [-0.2, 0) is 4.79 Å². The number of anilines is 1. The first-order valence-electron chi connectivity index (χ1n) is 5.43. The highest BCUT2D eigenvalue weighted by Crippen LogP contribution is 2.28. The van der Waals surface area contributed by atoms with Crippen LogP contribution in [0.4, 0.5) is 5.69 Å². The van der Waals surface area contributed by atoms with Gasteiger partial charge < -0.3 is 20.1 Å². The summed E-state index contributed by atoms with van der Waals surface area (Å²) in [4.78, 5) is 11.3. The van der Waals surface area contributed by atoms with Crippen molar-refractivity contribution in [3.8, 4) is 11.5 Å². The summed E-state index contributed by atoms with van der Waals surface area (Å²) in [6.07, 6.45) is 0. The highest BCUT2D eigenvalue weighted by Gasteiger charge is 2.06. The van der Waals surface area contributed by atoms with E-state index in [0.717, 1.165) is 5.69 Å². The predicted octanol–water partition coefficient (Wildman–Crippen LogP) is 1.25. The summed E-state index contributed by atoms with van der Waals surface area (Å²) >= 11 is 0. The summed E-state index contributed by atoms with van der Waals surface area (Å²) in [6, 6.07) is 5.38. The first-order valence-corrected chi connectivity index (χ1v) is 5.43. The quantitative estimate of drug-likeness (QED) is 0.783. The summed E-state index contributed by atoms with van der Waals surface area (Å²) in [5.41, 5.74) is 0.734. The van der Waals surface area contributed by atoms with Gasteiger partial charge in [-0.25, -0.2) is 0 Å². The fourth-order valence-electron chi connectivity index (χ4n) is 1.39. The van der Waals surface area contributed by atoms with Gasteiger partial charge >= 0.3 is 0 Å². The number of methoxy groups -OCH3 is 2. The van der Waals surface area contributed by atoms with E-state index in [1.807, 2.05) is 6.92 Å². The predicted molar refractivity (Wildman–Crippen MR) is 66.7 cm³/mol. The fourth-order valence-corrected chi connectivity index (χ4v) is 1.39. The number of amides is 1. The van der Waals surface area contributed by atoms with E-state index in [1.165, 1.54) is 0 Å². The second-order valence-corrected chi connectivity index (χ2v) is 3.37. The van der Waals surface area contributed by atoms with Gasteiger partial charge in [-0.3, -0.25) is 4.79 Å². The van der Waals surface area contributed by atoms with Gasteiger partial charge in [-0.15, -0.1) is 0 Å². The van der Waals surface area contributed by atoms with Crippen molar-refractivity contribution in [3.63, 3.8) is 0 Å². The monoisotopic (exact) mass is 238 g/mol. The highest BCUT2D eigenvalue weighted by atomic mass is 16.5. The van der Waals surface area contributed by atoms with Crippen molar-refractivity contribution in [3.05, 3.63) is 18.2 Å². The molecule has 17 heavy (non-hydrogen) atoms. The third-order valence-electron chi connectivity index (χ3n) is 2.22. The van der Waals surface area contributed by atoms with Crippen LogP contribution in [0.5, 0.6) is 11.5 Å². The summed E-state index contributed by atoms with van der Waals surface area (Å²) in [6.45, 7) is 2.71. The molecule has 0 bridgehead atoms. The topological polar surface area (TPSA) is 59.6 Å². The number of hydrogen-bond donors (Lipinski definition) is 2. The number of benzene rings is 1. The zero-order valence-corrected chi connectivity index (χ0v) is 10.4. The van der Waals surface area contributed by atoms with E-state index in [9.17, 15) is 4.79 Å². The van der Waals surface area contributed by atoms with Gasteiger partial charge in [0.25, 0.3) is 0 Å². The molecule has 5 heteroatoms. The summed E-state index contributed by atoms with van der Waals surface area (Å²) in [5, 5.41) is 5.71. The van der Waals surface area contributed by atoms with Crippen molar-refractivity contribution in [2.24, 2.45) is 0 Å². The SMILES string of the molecule is CCNC(=O)CNc1cc(OC)ccc1OC. The molecule has 1 aromatic carbocycles. The van der Waals surface area contributed by atoms with Crippen LogP contribution in [0.3, 0.4) is 0 Å². The molecule has 0 atom stereocenters. The van der Waals surface area contributed by atoms with Gasteiger partial charge in [-0.1, -0.05) is 0 Å². The van der Waals surface area contributed by atoms with Gasteiger partial charge in [-0.05, 0) is 19.1 Å². The number of carbonyl (C=O) groups excluding carboxylic acids is 1. The molecule has 0 heterocycles. The first-order chi connectivity index (χ1) is 8.21. The number of carbonyl (C=O) groups is 1. The zero-order valence-electron chi connectivity index (χ0n) is 10.4. The molecule has 0 saturated carbocycles. The van der Waals surface area contributed by atoms with E-state index < -0.39 is 0 Å². The van der Waals surface area contributed by atoms with E-state index in [4.69, 9.17) is 9.47 Å². The van der Waals surface area contributed by atoms with E-state index in [-0.39, 0.29) is 12.5 Å². The molecule has 0 unspecified atom stereocenters. The molecular weight excluding hydrogens is 220 g/mol. The lowest BCUT2D eigenvalue weighted by Gasteiger charge is -2.12. The molecule has 0 aromatic heterocycles. The minimum atomic E-state index is -0.0580. The Morgan fingerprint density at radius 3 is 2.65 bits per heavy atom. The maximum absolute atomic E-state index is 11.3. The Kier molecular flexibility index (Phi) is 5.13. The lowest BCUT2D eigenvalue weighted by Crippen LogP contribution is -2.29. The number of ether oxygens (including phenoxy) is 2. The Morgan fingerprint density at radius 1 is 1.29 bits per heavy atom. The second-order valence-electron chi connectivity index (χ2n) is 3.37. The first kappa shape index (κ1) is 13.2. The maximum Gasteiger partial charge on any atom is 0.239 e. The van der Waals surface area contributed by atoms with Gasteiger partial charge in [0, 0.05) is 12.6 Å². The number of rotatable bonds is 6. The summed E-state index contributed by atoms with van der Waals surface area (Å²) < 4.78 is 10.3. The smallest absolute Gasteiger partial charge is 0.239 e. The standard InChI is InChI=1S/C12H18N2O3/c1-4-13-12(15)8-14-10-7-9(16-2)5-6-11(10)17-3/h5-7,14H,4,8H2,1-3H3,(H,13,15). The minimum Gasteiger partial charge on any atom is -0.497 e. The molecule has 2 N–H and O–H groups in total. The third-order valence-corrected chi connectivity index (χ3v) is 2.22. The van der Waals surface area contributed by atoms with Crippen LogP contribution in [0.25, 0.3) is 0 Å². The van der Waals surface area contributed by atoms with Gasteiger partial charge in [0.1, 0.15) is 11.5 Å². The van der Waals surface area contributed by atoms with Crippen LogP contribution in [0.15, 0.2) is 18.2 Å². The van der Waals surface area contributed by atoms with Crippen molar-refractivity contribution >= 4 is 11.6 Å². The van der Waals surface area contributed by atoms with Crippen molar-refractivity contribution in [1.29, 1.82) is 0 Å². The summed E-state index contributed by atoms with van der Waals surface area (Å²) in [5.74, 6) is 1.33. The molecule has 94 valence electrons. The Morgan fingerprint density at radius 2 is 2.06 bits per heavy atom. The molecule has 0 aliphatic carbocycles. The molecule has 0 saturated heterocycles. The zero-order chi connectivity index (χ0) is 12.7. The van der Waals surface area contributed by atoms with Crippen molar-refractivity contribution in [1.82, 2.24) is 5.32 Å². The van der Waals surface area contributed by atoms with Crippen LogP contribution in [0.2, 0.25) is 0 Å². The Balaban J connectivity index is 2.70. The lowest BCUT2D eigenvalue weighted by atomic mass is 10.2. The molecule has 1 rings (SSSR count). The van der Waals surface area contributed by atoms with E-state index in [0.29, 0.717) is 18.0 Å². The molecule has 0 spiro atoms. The van der Waals surface area contributed by atoms with Crippen molar-refractivity contribution in [2.45, 2.75) is 6.92 Å². The highest BCUT2D eigenvalue weighted by molar-refractivity contribution is 5.81. The van der Waals surface area contributed by atoms with Crippen molar-refractivity contribution in [2.75, 3.05) is 32.6 Å². The largest absolute Gasteiger partial charge is 0.497 e. The van der Waals surface area contributed by atoms with E-state index in [1.54, 1.807) is 32.4 Å². The molecule has 0 aliphatic heterocycles. The fraction of sp³-hybridized carbons (Fsp3) is 0.417. The van der Waals surface area contributed by atoms with Gasteiger partial charge in [0.05, 0.1) is 26.5 Å².